The average molecular weight is 239 g/mol. The summed E-state index contributed by atoms with van der Waals surface area (Å²) in [6, 6.07) is 0. The van der Waals surface area contributed by atoms with E-state index in [0.29, 0.717) is 6.54 Å². The van der Waals surface area contributed by atoms with Crippen LogP contribution in [0.1, 0.15) is 25.7 Å². The van der Waals surface area contributed by atoms with E-state index in [2.05, 4.69) is 11.9 Å². The molecule has 2 aliphatic rings. The van der Waals surface area contributed by atoms with Crippen LogP contribution in [0.5, 0.6) is 0 Å². The van der Waals surface area contributed by atoms with Gasteiger partial charge in [0.1, 0.15) is 0 Å². The van der Waals surface area contributed by atoms with Gasteiger partial charge in [-0.3, -0.25) is 4.79 Å². The predicted molar refractivity (Wildman–Crippen MR) is 64.4 cm³/mol. The maximum atomic E-state index is 11.1. The number of aliphatic hydroxyl groups is 1. The minimum absolute atomic E-state index is 0.0435. The van der Waals surface area contributed by atoms with Crippen molar-refractivity contribution < 1.29 is 14.6 Å². The summed E-state index contributed by atoms with van der Waals surface area (Å²) < 4.78 is 5.36. The van der Waals surface area contributed by atoms with Crippen molar-refractivity contribution in [1.29, 1.82) is 0 Å². The van der Waals surface area contributed by atoms with E-state index in [9.17, 15) is 9.90 Å². The number of ether oxygens (including phenoxy) is 1. The normalized spacial score (nSPS) is 31.4. The first-order valence-electron chi connectivity index (χ1n) is 6.34. The Bertz CT molecular complexity index is 297. The third-order valence-electron chi connectivity index (χ3n) is 4.30. The molecule has 0 unspecified atom stereocenters. The third-order valence-corrected chi connectivity index (χ3v) is 4.30. The molecule has 17 heavy (non-hydrogen) atoms. The van der Waals surface area contributed by atoms with E-state index in [-0.39, 0.29) is 23.3 Å². The van der Waals surface area contributed by atoms with Crippen molar-refractivity contribution in [3.8, 4) is 0 Å². The Morgan fingerprint density at radius 2 is 2.18 bits per heavy atom. The Kier molecular flexibility index (Phi) is 3.84. The molecular formula is C13H21NO3. The fourth-order valence-corrected chi connectivity index (χ4v) is 3.12. The minimum Gasteiger partial charge on any atom is -0.392 e. The molecule has 1 heterocycles. The summed E-state index contributed by atoms with van der Waals surface area (Å²) in [5.41, 5.74) is 0.0435. The summed E-state index contributed by atoms with van der Waals surface area (Å²) in [5.74, 6) is 0.0159. The second-order valence-corrected chi connectivity index (χ2v) is 5.17. The Hall–Kier alpha value is -0.870. The lowest BCUT2D eigenvalue weighted by Gasteiger charge is -2.37. The van der Waals surface area contributed by atoms with Crippen LogP contribution in [0.2, 0.25) is 0 Å². The van der Waals surface area contributed by atoms with Gasteiger partial charge in [-0.25, -0.2) is 0 Å². The zero-order chi connectivity index (χ0) is 12.3. The summed E-state index contributed by atoms with van der Waals surface area (Å²) in [4.78, 5) is 11.1. The summed E-state index contributed by atoms with van der Waals surface area (Å²) >= 11 is 0. The van der Waals surface area contributed by atoms with Crippen LogP contribution in [0.25, 0.3) is 0 Å². The van der Waals surface area contributed by atoms with Crippen molar-refractivity contribution in [2.75, 3.05) is 19.8 Å². The molecule has 4 heteroatoms. The largest absolute Gasteiger partial charge is 0.392 e. The summed E-state index contributed by atoms with van der Waals surface area (Å²) in [6.07, 6.45) is 4.88. The average Bonchev–Trinajstić information content (AvgIpc) is 2.66. The van der Waals surface area contributed by atoms with Gasteiger partial charge < -0.3 is 15.2 Å². The van der Waals surface area contributed by atoms with E-state index in [1.165, 1.54) is 6.08 Å². The van der Waals surface area contributed by atoms with Crippen LogP contribution in [-0.4, -0.2) is 36.9 Å². The molecule has 1 aliphatic heterocycles. The van der Waals surface area contributed by atoms with Crippen molar-refractivity contribution in [1.82, 2.24) is 5.32 Å². The summed E-state index contributed by atoms with van der Waals surface area (Å²) in [6.45, 7) is 5.47. The SMILES string of the molecule is C=CC(=O)NC[C@@H]1CCC2(CCOCC2)[C@@H]1O. The number of carbonyl (C=O) groups excluding carboxylic acids is 1. The molecule has 1 aliphatic carbocycles. The molecule has 2 rings (SSSR count). The lowest BCUT2D eigenvalue weighted by molar-refractivity contribution is -0.117. The van der Waals surface area contributed by atoms with Crippen LogP contribution in [0.15, 0.2) is 12.7 Å². The molecule has 1 saturated carbocycles. The maximum Gasteiger partial charge on any atom is 0.243 e. The summed E-state index contributed by atoms with van der Waals surface area (Å²) in [5, 5.41) is 13.2. The van der Waals surface area contributed by atoms with E-state index in [0.717, 1.165) is 38.9 Å². The molecule has 0 aromatic carbocycles. The Morgan fingerprint density at radius 1 is 1.47 bits per heavy atom. The van der Waals surface area contributed by atoms with Crippen LogP contribution < -0.4 is 5.32 Å². The van der Waals surface area contributed by atoms with Gasteiger partial charge in [-0.2, -0.15) is 0 Å². The first-order valence-corrected chi connectivity index (χ1v) is 6.34. The van der Waals surface area contributed by atoms with E-state index in [1.54, 1.807) is 0 Å². The lowest BCUT2D eigenvalue weighted by Crippen LogP contribution is -2.41. The molecule has 0 aromatic rings. The third kappa shape index (κ3) is 2.53. The lowest BCUT2D eigenvalue weighted by atomic mass is 9.76. The quantitative estimate of drug-likeness (QED) is 0.718. The van der Waals surface area contributed by atoms with Gasteiger partial charge in [0.15, 0.2) is 0 Å². The second kappa shape index (κ2) is 5.19. The minimum atomic E-state index is -0.309. The smallest absolute Gasteiger partial charge is 0.243 e. The second-order valence-electron chi connectivity index (χ2n) is 5.17. The number of aliphatic hydroxyl groups excluding tert-OH is 1. The van der Waals surface area contributed by atoms with Crippen molar-refractivity contribution in [2.45, 2.75) is 31.8 Å². The highest BCUT2D eigenvalue weighted by atomic mass is 16.5. The highest BCUT2D eigenvalue weighted by Gasteiger charge is 2.47. The highest BCUT2D eigenvalue weighted by molar-refractivity contribution is 5.86. The van der Waals surface area contributed by atoms with E-state index in [1.807, 2.05) is 0 Å². The fraction of sp³-hybridized carbons (Fsp3) is 0.769. The zero-order valence-electron chi connectivity index (χ0n) is 10.2. The van der Waals surface area contributed by atoms with Crippen molar-refractivity contribution >= 4 is 5.91 Å². The van der Waals surface area contributed by atoms with E-state index < -0.39 is 0 Å². The number of carbonyl (C=O) groups is 1. The first kappa shape index (κ1) is 12.6. The van der Waals surface area contributed by atoms with E-state index >= 15 is 0 Å². The molecule has 1 saturated heterocycles. The Morgan fingerprint density at radius 3 is 2.82 bits per heavy atom. The zero-order valence-corrected chi connectivity index (χ0v) is 10.2. The van der Waals surface area contributed by atoms with Gasteiger partial charge in [-0.15, -0.1) is 0 Å². The number of amides is 1. The number of nitrogens with one attached hydrogen (secondary N) is 1. The highest BCUT2D eigenvalue weighted by Crippen LogP contribution is 2.48. The molecule has 2 atom stereocenters. The Balaban J connectivity index is 1.90. The van der Waals surface area contributed by atoms with Gasteiger partial charge >= 0.3 is 0 Å². The van der Waals surface area contributed by atoms with Crippen LogP contribution >= 0.6 is 0 Å². The van der Waals surface area contributed by atoms with Gasteiger partial charge in [-0.1, -0.05) is 6.58 Å². The maximum absolute atomic E-state index is 11.1. The molecule has 2 N–H and O–H groups in total. The van der Waals surface area contributed by atoms with Crippen LogP contribution in [0, 0.1) is 11.3 Å². The van der Waals surface area contributed by atoms with E-state index in [4.69, 9.17) is 4.74 Å². The van der Waals surface area contributed by atoms with Gasteiger partial charge in [0.2, 0.25) is 5.91 Å². The topological polar surface area (TPSA) is 58.6 Å². The number of hydrogen-bond donors (Lipinski definition) is 2. The molecule has 0 radical (unpaired) electrons. The first-order chi connectivity index (χ1) is 8.18. The van der Waals surface area contributed by atoms with Gasteiger partial charge in [-0.05, 0) is 31.8 Å². The van der Waals surface area contributed by atoms with Gasteiger partial charge in [0.25, 0.3) is 0 Å². The monoisotopic (exact) mass is 239 g/mol. The molecule has 2 fully saturated rings. The molecule has 4 nitrogen and oxygen atoms in total. The number of hydrogen-bond acceptors (Lipinski definition) is 3. The van der Waals surface area contributed by atoms with Crippen LogP contribution in [0.4, 0.5) is 0 Å². The van der Waals surface area contributed by atoms with Crippen LogP contribution in [0.3, 0.4) is 0 Å². The van der Waals surface area contributed by atoms with Crippen molar-refractivity contribution in [3.05, 3.63) is 12.7 Å². The fourth-order valence-electron chi connectivity index (χ4n) is 3.12. The molecule has 1 amide bonds. The molecule has 0 bridgehead atoms. The van der Waals surface area contributed by atoms with Gasteiger partial charge in [0.05, 0.1) is 6.10 Å². The predicted octanol–water partition coefficient (Wildman–Crippen LogP) is 0.856. The Labute approximate surface area is 102 Å². The summed E-state index contributed by atoms with van der Waals surface area (Å²) in [7, 11) is 0. The van der Waals surface area contributed by atoms with Crippen LogP contribution in [-0.2, 0) is 9.53 Å². The van der Waals surface area contributed by atoms with Crippen molar-refractivity contribution in [2.24, 2.45) is 11.3 Å². The molecular weight excluding hydrogens is 218 g/mol. The standard InChI is InChI=1S/C13H21NO3/c1-2-11(15)14-9-10-3-4-13(12(10)16)5-7-17-8-6-13/h2,10,12,16H,1,3-9H2,(H,14,15)/t10-,12+/m0/s1. The van der Waals surface area contributed by atoms with Gasteiger partial charge in [0, 0.05) is 31.1 Å². The number of rotatable bonds is 3. The molecule has 96 valence electrons. The van der Waals surface area contributed by atoms with Crippen molar-refractivity contribution in [3.63, 3.8) is 0 Å². The molecule has 1 spiro atoms. The molecule has 0 aromatic heterocycles.